The summed E-state index contributed by atoms with van der Waals surface area (Å²) in [6.07, 6.45) is 0.974. The third kappa shape index (κ3) is 3.41. The van der Waals surface area contributed by atoms with Crippen LogP contribution in [0.15, 0.2) is 0 Å². The molecule has 0 aromatic carbocycles. The van der Waals surface area contributed by atoms with E-state index in [4.69, 9.17) is 14.9 Å². The highest BCUT2D eigenvalue weighted by molar-refractivity contribution is 5.85. The molecule has 0 radical (unpaired) electrons. The third-order valence-corrected chi connectivity index (χ3v) is 3.03. The molecule has 1 heterocycles. The van der Waals surface area contributed by atoms with E-state index < -0.39 is 23.5 Å². The maximum absolute atomic E-state index is 11.1. The Morgan fingerprint density at radius 1 is 1.47 bits per heavy atom. The highest BCUT2D eigenvalue weighted by Crippen LogP contribution is 2.32. The van der Waals surface area contributed by atoms with E-state index in [1.54, 1.807) is 0 Å². The average molecular weight is 246 g/mol. The first-order valence-corrected chi connectivity index (χ1v) is 5.72. The lowest BCUT2D eigenvalue weighted by Gasteiger charge is -2.29. The normalized spacial score (nSPS) is 23.8. The van der Waals surface area contributed by atoms with Crippen LogP contribution in [0.2, 0.25) is 0 Å². The van der Waals surface area contributed by atoms with Crippen molar-refractivity contribution in [2.24, 2.45) is 5.92 Å². The number of aliphatic hydroxyl groups is 1. The number of rotatable bonds is 8. The van der Waals surface area contributed by atoms with Gasteiger partial charge in [0.1, 0.15) is 0 Å². The predicted octanol–water partition coefficient (Wildman–Crippen LogP) is 0.482. The Morgan fingerprint density at radius 3 is 2.41 bits per heavy atom. The Kier molecular flexibility index (Phi) is 4.47. The van der Waals surface area contributed by atoms with Gasteiger partial charge in [-0.2, -0.15) is 0 Å². The highest BCUT2D eigenvalue weighted by atomic mass is 16.6. The van der Waals surface area contributed by atoms with Crippen LogP contribution in [0.25, 0.3) is 0 Å². The predicted molar refractivity (Wildman–Crippen MR) is 57.6 cm³/mol. The van der Waals surface area contributed by atoms with Crippen LogP contribution >= 0.6 is 0 Å². The van der Waals surface area contributed by atoms with Crippen molar-refractivity contribution in [1.29, 1.82) is 0 Å². The molecule has 0 aromatic rings. The standard InChI is InChI=1S/C11H18O6/c1-2-3-4-8(9(12)13)11(16,10(14)15)5-7-6-17-7/h7-8,16H,2-6H2,1H3,(H,12,13)(H,14,15). The Morgan fingerprint density at radius 2 is 2.06 bits per heavy atom. The lowest BCUT2D eigenvalue weighted by Crippen LogP contribution is -2.50. The van der Waals surface area contributed by atoms with Gasteiger partial charge in [-0.05, 0) is 6.42 Å². The Labute approximate surface area is 99.2 Å². The van der Waals surface area contributed by atoms with Crippen LogP contribution < -0.4 is 0 Å². The molecule has 3 unspecified atom stereocenters. The number of hydrogen-bond acceptors (Lipinski definition) is 4. The summed E-state index contributed by atoms with van der Waals surface area (Å²) < 4.78 is 4.87. The first-order chi connectivity index (χ1) is 7.91. The van der Waals surface area contributed by atoms with Crippen LogP contribution in [0.3, 0.4) is 0 Å². The molecule has 1 fully saturated rings. The van der Waals surface area contributed by atoms with Crippen molar-refractivity contribution in [2.45, 2.75) is 44.3 Å². The molecule has 98 valence electrons. The SMILES string of the molecule is CCCCC(C(=O)O)C(O)(CC1CO1)C(=O)O. The van der Waals surface area contributed by atoms with Crippen molar-refractivity contribution in [2.75, 3.05) is 6.61 Å². The summed E-state index contributed by atoms with van der Waals surface area (Å²) in [4.78, 5) is 22.2. The molecule has 6 nitrogen and oxygen atoms in total. The molecule has 1 aliphatic rings. The zero-order valence-corrected chi connectivity index (χ0v) is 9.76. The molecule has 1 aliphatic heterocycles. The van der Waals surface area contributed by atoms with Crippen molar-refractivity contribution < 1.29 is 29.6 Å². The molecule has 3 N–H and O–H groups in total. The second kappa shape index (κ2) is 5.46. The molecule has 3 atom stereocenters. The first-order valence-electron chi connectivity index (χ1n) is 5.72. The Balaban J connectivity index is 2.82. The van der Waals surface area contributed by atoms with Crippen molar-refractivity contribution in [3.8, 4) is 0 Å². The van der Waals surface area contributed by atoms with Crippen LogP contribution in [0, 0.1) is 5.92 Å². The Bertz CT molecular complexity index is 298. The van der Waals surface area contributed by atoms with Crippen LogP contribution in [-0.2, 0) is 14.3 Å². The van der Waals surface area contributed by atoms with Gasteiger partial charge < -0.3 is 20.1 Å². The molecular formula is C11H18O6. The van der Waals surface area contributed by atoms with Gasteiger partial charge in [0.2, 0.25) is 0 Å². The zero-order chi connectivity index (χ0) is 13.1. The van der Waals surface area contributed by atoms with Gasteiger partial charge in [0.15, 0.2) is 5.60 Å². The number of carbonyl (C=O) groups is 2. The van der Waals surface area contributed by atoms with E-state index in [1.807, 2.05) is 6.92 Å². The van der Waals surface area contributed by atoms with Crippen molar-refractivity contribution in [1.82, 2.24) is 0 Å². The summed E-state index contributed by atoms with van der Waals surface area (Å²) in [7, 11) is 0. The lowest BCUT2D eigenvalue weighted by molar-refractivity contribution is -0.176. The van der Waals surface area contributed by atoms with Crippen molar-refractivity contribution in [3.63, 3.8) is 0 Å². The van der Waals surface area contributed by atoms with Crippen LogP contribution in [0.5, 0.6) is 0 Å². The minimum atomic E-state index is -2.23. The van der Waals surface area contributed by atoms with Gasteiger partial charge in [-0.3, -0.25) is 4.79 Å². The van der Waals surface area contributed by atoms with Gasteiger partial charge >= 0.3 is 11.9 Å². The average Bonchev–Trinajstić information content (AvgIpc) is 3.01. The number of carboxylic acids is 2. The van der Waals surface area contributed by atoms with E-state index in [0.29, 0.717) is 13.0 Å². The fourth-order valence-corrected chi connectivity index (χ4v) is 1.89. The quantitative estimate of drug-likeness (QED) is 0.538. The first kappa shape index (κ1) is 13.9. The van der Waals surface area contributed by atoms with Gasteiger partial charge in [0, 0.05) is 6.42 Å². The molecule has 0 saturated carbocycles. The fraction of sp³-hybridized carbons (Fsp3) is 0.818. The van der Waals surface area contributed by atoms with Crippen molar-refractivity contribution >= 4 is 11.9 Å². The molecule has 17 heavy (non-hydrogen) atoms. The van der Waals surface area contributed by atoms with Gasteiger partial charge in [0.25, 0.3) is 0 Å². The summed E-state index contributed by atoms with van der Waals surface area (Å²) >= 11 is 0. The molecule has 0 bridgehead atoms. The van der Waals surface area contributed by atoms with E-state index in [1.165, 1.54) is 0 Å². The molecule has 0 spiro atoms. The molecule has 0 aliphatic carbocycles. The third-order valence-electron chi connectivity index (χ3n) is 3.03. The number of epoxide rings is 1. The second-order valence-electron chi connectivity index (χ2n) is 4.42. The highest BCUT2D eigenvalue weighted by Gasteiger charge is 2.51. The van der Waals surface area contributed by atoms with Gasteiger partial charge in [-0.25, -0.2) is 4.79 Å². The number of unbranched alkanes of at least 4 members (excludes halogenated alkanes) is 1. The fourth-order valence-electron chi connectivity index (χ4n) is 1.89. The van der Waals surface area contributed by atoms with Crippen LogP contribution in [0.4, 0.5) is 0 Å². The monoisotopic (exact) mass is 246 g/mol. The molecule has 0 amide bonds. The van der Waals surface area contributed by atoms with Gasteiger partial charge in [-0.1, -0.05) is 19.8 Å². The number of carboxylic acid groups (broad SMARTS) is 2. The van der Waals surface area contributed by atoms with Gasteiger partial charge in [0.05, 0.1) is 18.6 Å². The molecule has 1 rings (SSSR count). The summed E-state index contributed by atoms with van der Waals surface area (Å²) in [5.41, 5.74) is -2.23. The van der Waals surface area contributed by atoms with E-state index in [9.17, 15) is 14.7 Å². The maximum Gasteiger partial charge on any atom is 0.336 e. The van der Waals surface area contributed by atoms with E-state index in [0.717, 1.165) is 6.42 Å². The maximum atomic E-state index is 11.1. The topological polar surface area (TPSA) is 107 Å². The number of hydrogen-bond donors (Lipinski definition) is 3. The molecule has 0 aromatic heterocycles. The molecular weight excluding hydrogens is 228 g/mol. The second-order valence-corrected chi connectivity index (χ2v) is 4.42. The minimum Gasteiger partial charge on any atom is -0.481 e. The Hall–Kier alpha value is -1.14. The smallest absolute Gasteiger partial charge is 0.336 e. The van der Waals surface area contributed by atoms with Crippen LogP contribution in [-0.4, -0.2) is 45.6 Å². The molecule has 1 saturated heterocycles. The van der Waals surface area contributed by atoms with Gasteiger partial charge in [-0.15, -0.1) is 0 Å². The van der Waals surface area contributed by atoms with Crippen LogP contribution in [0.1, 0.15) is 32.6 Å². The van der Waals surface area contributed by atoms with Crippen molar-refractivity contribution in [3.05, 3.63) is 0 Å². The van der Waals surface area contributed by atoms with E-state index in [2.05, 4.69) is 0 Å². The summed E-state index contributed by atoms with van der Waals surface area (Å²) in [5, 5.41) is 28.2. The minimum absolute atomic E-state index is 0.154. The number of ether oxygens (including phenoxy) is 1. The number of aliphatic carboxylic acids is 2. The van der Waals surface area contributed by atoms with E-state index >= 15 is 0 Å². The largest absolute Gasteiger partial charge is 0.481 e. The summed E-state index contributed by atoms with van der Waals surface area (Å²) in [6.45, 7) is 2.26. The zero-order valence-electron chi connectivity index (χ0n) is 9.76. The summed E-state index contributed by atoms with van der Waals surface area (Å²) in [6, 6.07) is 0. The molecule has 6 heteroatoms. The lowest BCUT2D eigenvalue weighted by atomic mass is 9.80. The van der Waals surface area contributed by atoms with E-state index in [-0.39, 0.29) is 18.9 Å². The summed E-state index contributed by atoms with van der Waals surface area (Å²) in [5.74, 6) is -4.05.